The van der Waals surface area contributed by atoms with Gasteiger partial charge in [-0.3, -0.25) is 0 Å². The number of rotatable bonds is 5. The molecule has 0 aromatic heterocycles. The average Bonchev–Trinajstić information content (AvgIpc) is 2.26. The van der Waals surface area contributed by atoms with Crippen molar-refractivity contribution in [3.63, 3.8) is 0 Å². The van der Waals surface area contributed by atoms with Crippen LogP contribution < -0.4 is 0 Å². The first-order chi connectivity index (χ1) is 7.50. The topological polar surface area (TPSA) is 27.7 Å². The molecule has 1 aliphatic carbocycles. The lowest BCUT2D eigenvalue weighted by Crippen LogP contribution is -2.33. The molecular weight excluding hydrogens is 270 g/mol. The lowest BCUT2D eigenvalue weighted by atomic mass is 9.75. The third-order valence-corrected chi connectivity index (χ3v) is 4.93. The number of hydrogen-bond acceptors (Lipinski definition) is 3. The van der Waals surface area contributed by atoms with Gasteiger partial charge in [0.2, 0.25) is 0 Å². The highest BCUT2D eigenvalue weighted by molar-refractivity contribution is 7.43. The van der Waals surface area contributed by atoms with Gasteiger partial charge in [-0.2, -0.15) is 8.15 Å². The Morgan fingerprint density at radius 2 is 1.69 bits per heavy atom. The van der Waals surface area contributed by atoms with Gasteiger partial charge in [0.25, 0.3) is 0 Å². The van der Waals surface area contributed by atoms with Crippen LogP contribution in [0.4, 0.5) is 0 Å². The molecule has 0 aromatic rings. The molecule has 1 aliphatic rings. The second kappa shape index (κ2) is 6.72. The highest BCUT2D eigenvalue weighted by atomic mass is 35.5. The fraction of sp³-hybridized carbons (Fsp3) is 1.00. The van der Waals surface area contributed by atoms with E-state index in [0.29, 0.717) is 0 Å². The van der Waals surface area contributed by atoms with Crippen molar-refractivity contribution in [1.82, 2.24) is 0 Å². The summed E-state index contributed by atoms with van der Waals surface area (Å²) in [6, 6.07) is 0. The molecule has 3 nitrogen and oxygen atoms in total. The first-order valence-electron chi connectivity index (χ1n) is 5.57. The van der Waals surface area contributed by atoms with Crippen LogP contribution in [-0.4, -0.2) is 5.60 Å². The largest absolute Gasteiger partial charge is 0.369 e. The van der Waals surface area contributed by atoms with Crippen molar-refractivity contribution in [2.24, 2.45) is 11.8 Å². The second-order valence-electron chi connectivity index (χ2n) is 4.98. The first-order valence-corrected chi connectivity index (χ1v) is 7.28. The summed E-state index contributed by atoms with van der Waals surface area (Å²) in [4.78, 5) is 0. The predicted octanol–water partition coefficient (Wildman–Crippen LogP) is 5.18. The van der Waals surface area contributed by atoms with Crippen LogP contribution in [0.1, 0.15) is 46.5 Å². The fourth-order valence-corrected chi connectivity index (χ4v) is 3.27. The van der Waals surface area contributed by atoms with Gasteiger partial charge in [0.05, 0.1) is 29.3 Å². The maximum Gasteiger partial charge on any atom is 0.369 e. The molecule has 0 aliphatic heterocycles. The minimum absolute atomic E-state index is 0.221. The summed E-state index contributed by atoms with van der Waals surface area (Å²) < 4.78 is 14.7. The lowest BCUT2D eigenvalue weighted by Gasteiger charge is -2.38. The minimum Gasteiger partial charge on any atom is -0.304 e. The van der Waals surface area contributed by atoms with E-state index in [-0.39, 0.29) is 5.60 Å². The molecule has 0 saturated heterocycles. The van der Waals surface area contributed by atoms with Gasteiger partial charge in [-0.15, -0.1) is 0 Å². The summed E-state index contributed by atoms with van der Waals surface area (Å²) >= 11 is 10.4. The van der Waals surface area contributed by atoms with E-state index >= 15 is 0 Å². The van der Waals surface area contributed by atoms with E-state index in [1.165, 1.54) is 12.8 Å². The molecular formula is C10H19Cl2O3P. The van der Waals surface area contributed by atoms with E-state index in [1.807, 2.05) is 0 Å². The van der Waals surface area contributed by atoms with Crippen molar-refractivity contribution in [1.29, 1.82) is 0 Å². The molecule has 0 unspecified atom stereocenters. The average molecular weight is 289 g/mol. The SMILES string of the molecule is CC(C)C1CCC(C)(OP(OCl)OCl)CC1. The van der Waals surface area contributed by atoms with Gasteiger partial charge >= 0.3 is 8.60 Å². The molecule has 0 heterocycles. The zero-order valence-corrected chi connectivity index (χ0v) is 12.3. The fourth-order valence-electron chi connectivity index (χ4n) is 2.23. The Balaban J connectivity index is 2.43. The highest BCUT2D eigenvalue weighted by Crippen LogP contribution is 2.50. The predicted molar refractivity (Wildman–Crippen MR) is 67.1 cm³/mol. The molecule has 0 aromatic carbocycles. The molecule has 0 N–H and O–H groups in total. The standard InChI is InChI=1S/C10H19Cl2O3P/c1-8(2)9-4-6-10(3,7-5-9)13-16(14-11)15-12/h8-9H,4-7H2,1-3H3. The van der Waals surface area contributed by atoms with Gasteiger partial charge in [0.1, 0.15) is 0 Å². The van der Waals surface area contributed by atoms with Crippen molar-refractivity contribution in [3.8, 4) is 0 Å². The Morgan fingerprint density at radius 1 is 1.19 bits per heavy atom. The third-order valence-electron chi connectivity index (χ3n) is 3.44. The Labute approximate surface area is 109 Å². The van der Waals surface area contributed by atoms with Crippen LogP contribution in [-0.2, 0) is 12.7 Å². The summed E-state index contributed by atoms with van der Waals surface area (Å²) in [5.41, 5.74) is -0.221. The second-order valence-corrected chi connectivity index (χ2v) is 6.72. The van der Waals surface area contributed by atoms with Crippen molar-refractivity contribution >= 4 is 32.3 Å². The van der Waals surface area contributed by atoms with Crippen LogP contribution in [0.3, 0.4) is 0 Å². The van der Waals surface area contributed by atoms with Crippen LogP contribution in [0.2, 0.25) is 0 Å². The summed E-state index contributed by atoms with van der Waals surface area (Å²) in [5.74, 6) is 1.52. The normalized spacial score (nSPS) is 31.3. The lowest BCUT2D eigenvalue weighted by molar-refractivity contribution is 0.0193. The van der Waals surface area contributed by atoms with Crippen LogP contribution in [0, 0.1) is 11.8 Å². The van der Waals surface area contributed by atoms with Gasteiger partial charge < -0.3 is 4.52 Å². The van der Waals surface area contributed by atoms with Gasteiger partial charge in [-0.25, -0.2) is 0 Å². The van der Waals surface area contributed by atoms with E-state index in [9.17, 15) is 0 Å². The molecule has 1 rings (SSSR count). The van der Waals surface area contributed by atoms with Crippen LogP contribution in [0.25, 0.3) is 0 Å². The van der Waals surface area contributed by atoms with Gasteiger partial charge in [0, 0.05) is 0 Å². The third kappa shape index (κ3) is 4.29. The maximum atomic E-state index is 5.66. The van der Waals surface area contributed by atoms with E-state index in [2.05, 4.69) is 28.9 Å². The number of hydrogen-bond donors (Lipinski definition) is 0. The quantitative estimate of drug-likeness (QED) is 0.653. The molecule has 0 spiro atoms. The van der Waals surface area contributed by atoms with Gasteiger partial charge in [-0.1, -0.05) is 13.8 Å². The van der Waals surface area contributed by atoms with Gasteiger partial charge in [0.15, 0.2) is 0 Å². The first kappa shape index (κ1) is 14.9. The summed E-state index contributed by atoms with van der Waals surface area (Å²) in [5, 5.41) is 0. The molecule has 16 heavy (non-hydrogen) atoms. The zero-order chi connectivity index (χ0) is 12.2. The van der Waals surface area contributed by atoms with Crippen LogP contribution >= 0.6 is 32.3 Å². The summed E-state index contributed by atoms with van der Waals surface area (Å²) in [7, 11) is -1.63. The van der Waals surface area contributed by atoms with E-state index in [1.54, 1.807) is 0 Å². The molecule has 0 amide bonds. The molecule has 6 heteroatoms. The molecule has 1 fully saturated rings. The van der Waals surface area contributed by atoms with Crippen molar-refractivity contribution in [2.75, 3.05) is 0 Å². The Morgan fingerprint density at radius 3 is 2.06 bits per heavy atom. The van der Waals surface area contributed by atoms with Crippen LogP contribution in [0.5, 0.6) is 0 Å². The summed E-state index contributed by atoms with van der Waals surface area (Å²) in [6.45, 7) is 6.60. The molecule has 1 saturated carbocycles. The van der Waals surface area contributed by atoms with E-state index in [0.717, 1.165) is 24.7 Å². The monoisotopic (exact) mass is 288 g/mol. The van der Waals surface area contributed by atoms with Gasteiger partial charge in [-0.05, 0) is 44.4 Å². The smallest absolute Gasteiger partial charge is 0.304 e. The Kier molecular flexibility index (Phi) is 6.28. The molecule has 0 bridgehead atoms. The molecule has 0 atom stereocenters. The highest BCUT2D eigenvalue weighted by Gasteiger charge is 2.36. The zero-order valence-electron chi connectivity index (χ0n) is 9.91. The van der Waals surface area contributed by atoms with Crippen LogP contribution in [0.15, 0.2) is 0 Å². The minimum atomic E-state index is -1.63. The van der Waals surface area contributed by atoms with Crippen molar-refractivity contribution < 1.29 is 12.7 Å². The molecule has 96 valence electrons. The van der Waals surface area contributed by atoms with Crippen molar-refractivity contribution in [2.45, 2.75) is 52.1 Å². The maximum absolute atomic E-state index is 5.66. The Bertz CT molecular complexity index is 204. The Hall–Kier alpha value is 0.890. The van der Waals surface area contributed by atoms with Crippen molar-refractivity contribution in [3.05, 3.63) is 0 Å². The van der Waals surface area contributed by atoms with E-state index < -0.39 is 8.60 Å². The number of halogens is 2. The van der Waals surface area contributed by atoms with E-state index in [4.69, 9.17) is 28.3 Å². The summed E-state index contributed by atoms with van der Waals surface area (Å²) in [6.07, 6.45) is 4.33. The molecule has 0 radical (unpaired) electrons.